The van der Waals surface area contributed by atoms with Crippen LogP contribution in [0.1, 0.15) is 0 Å². The van der Waals surface area contributed by atoms with Crippen LogP contribution in [0.3, 0.4) is 0 Å². The normalized spacial score (nSPS) is 12.1. The highest BCUT2D eigenvalue weighted by Gasteiger charge is 2.24. The molecule has 0 radical (unpaired) electrons. The second-order valence-corrected chi connectivity index (χ2v) is 26.9. The van der Waals surface area contributed by atoms with Gasteiger partial charge < -0.3 is 0 Å². The number of benzene rings is 18. The summed E-state index contributed by atoms with van der Waals surface area (Å²) >= 11 is 3.84. The van der Waals surface area contributed by atoms with E-state index < -0.39 is 0 Å². The molecule has 2 heterocycles. The summed E-state index contributed by atoms with van der Waals surface area (Å²) in [4.78, 5) is 0. The van der Waals surface area contributed by atoms with Gasteiger partial charge in [0.1, 0.15) is 0 Å². The molecule has 2 aromatic heterocycles. The first-order valence-electron chi connectivity index (χ1n) is 31.8. The second-order valence-electron chi connectivity index (χ2n) is 24.8. The molecule has 0 aliphatic carbocycles. The van der Waals surface area contributed by atoms with E-state index in [-0.39, 0.29) is 0 Å². The van der Waals surface area contributed by atoms with Crippen LogP contribution < -0.4 is 0 Å². The maximum Gasteiger partial charge on any atom is 0.0440 e. The Kier molecular flexibility index (Phi) is 11.3. The Morgan fingerprint density at radius 1 is 0.152 bits per heavy atom. The molecule has 20 aromatic rings. The third kappa shape index (κ3) is 7.57. The number of fused-ring (bicyclic) bond motifs is 21. The van der Waals surface area contributed by atoms with E-state index in [9.17, 15) is 0 Å². The Morgan fingerprint density at radius 3 is 0.967 bits per heavy atom. The molecule has 0 fully saturated rings. The van der Waals surface area contributed by atoms with E-state index in [1.54, 1.807) is 0 Å². The van der Waals surface area contributed by atoms with Gasteiger partial charge in [-0.25, -0.2) is 0 Å². The quantitative estimate of drug-likeness (QED) is 0.115. The summed E-state index contributed by atoms with van der Waals surface area (Å²) in [6.07, 6.45) is 0. The second kappa shape index (κ2) is 20.1. The maximum absolute atomic E-state index is 2.49. The lowest BCUT2D eigenvalue weighted by molar-refractivity contribution is 1.61. The number of thiophene rings is 2. The highest BCUT2D eigenvalue weighted by Crippen LogP contribution is 2.52. The van der Waals surface area contributed by atoms with Gasteiger partial charge in [-0.2, -0.15) is 0 Å². The fourth-order valence-electron chi connectivity index (χ4n) is 16.1. The number of hydrogen-bond acceptors (Lipinski definition) is 2. The van der Waals surface area contributed by atoms with E-state index in [1.165, 1.54) is 204 Å². The molecule has 18 aromatic carbocycles. The van der Waals surface area contributed by atoms with Crippen molar-refractivity contribution in [3.63, 3.8) is 0 Å². The fourth-order valence-corrected chi connectivity index (χ4v) is 18.5. The van der Waals surface area contributed by atoms with Gasteiger partial charge in [0.25, 0.3) is 0 Å². The molecule has 0 saturated heterocycles. The molecular weight excluding hydrogens is 1150 g/mol. The van der Waals surface area contributed by atoms with E-state index in [1.807, 2.05) is 22.7 Å². The molecule has 0 saturated carbocycles. The van der Waals surface area contributed by atoms with Crippen molar-refractivity contribution < 1.29 is 0 Å². The Bertz CT molecular complexity index is 6430. The number of hydrogen-bond donors (Lipinski definition) is 0. The molecule has 0 aliphatic rings. The monoisotopic (exact) mass is 1200 g/mol. The first-order valence-corrected chi connectivity index (χ1v) is 33.4. The molecule has 0 nitrogen and oxygen atoms in total. The minimum absolute atomic E-state index is 1.21. The molecule has 0 atom stereocenters. The van der Waals surface area contributed by atoms with Gasteiger partial charge in [-0.15, -0.1) is 22.7 Å². The summed E-state index contributed by atoms with van der Waals surface area (Å²) in [6, 6.07) is 119. The van der Waals surface area contributed by atoms with Crippen molar-refractivity contribution in [1.82, 2.24) is 0 Å². The third-order valence-electron chi connectivity index (χ3n) is 20.0. The Morgan fingerprint density at radius 2 is 0.467 bits per heavy atom. The Labute approximate surface area is 538 Å². The summed E-state index contributed by atoms with van der Waals surface area (Å²) in [7, 11) is 0. The van der Waals surface area contributed by atoms with E-state index in [4.69, 9.17) is 0 Å². The maximum atomic E-state index is 2.49. The van der Waals surface area contributed by atoms with Crippen molar-refractivity contribution in [1.29, 1.82) is 0 Å². The van der Waals surface area contributed by atoms with Gasteiger partial charge in [0.05, 0.1) is 0 Å². The zero-order valence-corrected chi connectivity index (χ0v) is 51.5. The van der Waals surface area contributed by atoms with E-state index in [2.05, 4.69) is 315 Å². The standard InChI is InChI=1S/C90H52S2/c1-2-20-53(21-3-1)54-40-42-55(43-41-54)83-68-27-9-11-29-70(68)84(71-30-12-10-28-69(71)83)57-45-49-82-80(51-57)88-67-26-8-5-24-64(67)78-50-56(44-47-77(78)90(88)92-82)59-36-18-38-62-60(59)37-19-39-65(62)86-74-33-15-13-31-72(74)85(73-32-14-16-34-75(73)86)58-46-48-81-79(52-58)87-66-25-7-4-22-61(66)63-23-6-17-35-76(63)89(87)91-81/h1-52H. The van der Waals surface area contributed by atoms with Crippen LogP contribution in [0.15, 0.2) is 315 Å². The molecule has 2 heteroatoms. The highest BCUT2D eigenvalue weighted by molar-refractivity contribution is 7.27. The highest BCUT2D eigenvalue weighted by atomic mass is 32.1. The molecule has 0 aliphatic heterocycles. The summed E-state index contributed by atoms with van der Waals surface area (Å²) in [5.74, 6) is 0. The molecule has 20 rings (SSSR count). The molecule has 424 valence electrons. The van der Waals surface area contributed by atoms with Crippen molar-refractivity contribution in [3.05, 3.63) is 315 Å². The van der Waals surface area contributed by atoms with Crippen molar-refractivity contribution in [2.24, 2.45) is 0 Å². The van der Waals surface area contributed by atoms with Crippen molar-refractivity contribution >= 4 is 160 Å². The van der Waals surface area contributed by atoms with E-state index >= 15 is 0 Å². The van der Waals surface area contributed by atoms with Crippen LogP contribution in [-0.2, 0) is 0 Å². The zero-order valence-electron chi connectivity index (χ0n) is 49.8. The molecule has 0 N–H and O–H groups in total. The minimum Gasteiger partial charge on any atom is -0.135 e. The molecule has 92 heavy (non-hydrogen) atoms. The van der Waals surface area contributed by atoms with Crippen LogP contribution in [0, 0.1) is 0 Å². The van der Waals surface area contributed by atoms with Crippen molar-refractivity contribution in [3.8, 4) is 66.8 Å². The lowest BCUT2D eigenvalue weighted by atomic mass is 9.84. The van der Waals surface area contributed by atoms with Gasteiger partial charge in [0, 0.05) is 51.1 Å². The minimum atomic E-state index is 1.21. The molecule has 0 spiro atoms. The predicted molar refractivity (Wildman–Crippen MR) is 402 cm³/mol. The first-order chi connectivity index (χ1) is 45.7. The van der Waals surface area contributed by atoms with Crippen LogP contribution in [0.25, 0.3) is 204 Å². The van der Waals surface area contributed by atoms with Gasteiger partial charge in [-0.3, -0.25) is 0 Å². The lowest BCUT2D eigenvalue weighted by Gasteiger charge is -2.19. The molecule has 0 amide bonds. The summed E-state index contributed by atoms with van der Waals surface area (Å²) in [5, 5.41) is 28.2. The first kappa shape index (κ1) is 51.6. The average molecular weight is 1200 g/mol. The van der Waals surface area contributed by atoms with Gasteiger partial charge in [0.2, 0.25) is 0 Å². The van der Waals surface area contributed by atoms with Crippen LogP contribution >= 0.6 is 22.7 Å². The molecule has 0 bridgehead atoms. The van der Waals surface area contributed by atoms with Gasteiger partial charge in [-0.05, 0) is 183 Å². The topological polar surface area (TPSA) is 0 Å². The van der Waals surface area contributed by atoms with E-state index in [0.717, 1.165) is 0 Å². The Balaban J connectivity index is 0.727. The largest absolute Gasteiger partial charge is 0.135 e. The molecular formula is C90H52S2. The van der Waals surface area contributed by atoms with Gasteiger partial charge >= 0.3 is 0 Å². The van der Waals surface area contributed by atoms with Crippen LogP contribution in [-0.4, -0.2) is 0 Å². The smallest absolute Gasteiger partial charge is 0.0440 e. The Hall–Kier alpha value is -11.3. The van der Waals surface area contributed by atoms with Crippen LogP contribution in [0.5, 0.6) is 0 Å². The van der Waals surface area contributed by atoms with Gasteiger partial charge in [-0.1, -0.05) is 285 Å². The summed E-state index contributed by atoms with van der Waals surface area (Å²) < 4.78 is 5.29. The van der Waals surface area contributed by atoms with Crippen LogP contribution in [0.2, 0.25) is 0 Å². The van der Waals surface area contributed by atoms with Crippen LogP contribution in [0.4, 0.5) is 0 Å². The predicted octanol–water partition coefficient (Wildman–Crippen LogP) is 26.8. The van der Waals surface area contributed by atoms with Crippen molar-refractivity contribution in [2.75, 3.05) is 0 Å². The van der Waals surface area contributed by atoms with Gasteiger partial charge in [0.15, 0.2) is 0 Å². The third-order valence-corrected chi connectivity index (χ3v) is 22.4. The SMILES string of the molecule is c1ccc(-c2ccc(-c3c4ccccc4c(-c4ccc5sc6c7ccc(-c8cccc9c(-c%10c%11ccccc%11c(-c%11ccc%12sc%13c%14ccccc%14c%14ccccc%14c%13c%12c%11)c%11ccccc%10%11)cccc89)cc7c7ccccc7c6c5c4)c4ccccc34)cc2)cc1. The zero-order chi connectivity index (χ0) is 60.1. The fraction of sp³-hybridized carbons (Fsp3) is 0. The average Bonchev–Trinajstić information content (AvgIpc) is 1.46. The number of rotatable bonds is 6. The summed E-state index contributed by atoms with van der Waals surface area (Å²) in [5.41, 5.74) is 14.9. The molecule has 0 unspecified atom stereocenters. The lowest BCUT2D eigenvalue weighted by Crippen LogP contribution is -1.92. The van der Waals surface area contributed by atoms with Crippen molar-refractivity contribution in [2.45, 2.75) is 0 Å². The van der Waals surface area contributed by atoms with E-state index in [0.29, 0.717) is 0 Å². The summed E-state index contributed by atoms with van der Waals surface area (Å²) in [6.45, 7) is 0.